The van der Waals surface area contributed by atoms with Crippen molar-refractivity contribution in [2.24, 2.45) is 5.92 Å². The van der Waals surface area contributed by atoms with Crippen LogP contribution in [0.25, 0.3) is 32.9 Å². The number of ether oxygens (including phenoxy) is 2. The molecule has 0 saturated carbocycles. The lowest BCUT2D eigenvalue weighted by Crippen LogP contribution is -2.56. The van der Waals surface area contributed by atoms with Crippen molar-refractivity contribution in [2.75, 3.05) is 37.7 Å². The molecule has 4 aliphatic heterocycles. The maximum Gasteiger partial charge on any atom is 0.319 e. The quantitative estimate of drug-likeness (QED) is 0.294. The van der Waals surface area contributed by atoms with Crippen molar-refractivity contribution in [1.29, 1.82) is 0 Å². The van der Waals surface area contributed by atoms with E-state index in [9.17, 15) is 4.79 Å². The molecular weight excluding hydrogens is 545 g/mol. The van der Waals surface area contributed by atoms with Gasteiger partial charge < -0.3 is 14.4 Å². The summed E-state index contributed by atoms with van der Waals surface area (Å²) in [6.45, 7) is 3.72. The molecule has 4 saturated heterocycles. The zero-order valence-electron chi connectivity index (χ0n) is 22.5. The Hall–Kier alpha value is -3.56. The van der Waals surface area contributed by atoms with E-state index in [-0.39, 0.29) is 40.8 Å². The number of hydrogen-bond donors (Lipinski definition) is 0. The van der Waals surface area contributed by atoms with Gasteiger partial charge in [-0.15, -0.1) is 0 Å². The van der Waals surface area contributed by atoms with Crippen LogP contribution in [0.3, 0.4) is 0 Å². The fourth-order valence-corrected chi connectivity index (χ4v) is 7.61. The Bertz CT molecular complexity index is 1700. The molecule has 210 valence electrons. The summed E-state index contributed by atoms with van der Waals surface area (Å²) >= 11 is 6.58. The number of nitrogens with zero attached hydrogens (tertiary/aromatic N) is 5. The number of pyridine rings is 1. The summed E-state index contributed by atoms with van der Waals surface area (Å²) in [7, 11) is 0. The van der Waals surface area contributed by atoms with Crippen molar-refractivity contribution >= 4 is 45.1 Å². The van der Waals surface area contributed by atoms with Crippen LogP contribution in [0.1, 0.15) is 32.1 Å². The number of piperidine rings is 1. The van der Waals surface area contributed by atoms with Crippen LogP contribution in [-0.2, 0) is 9.53 Å². The SMILES string of the molecule is O=C1OC2CN(c3nc(OCC45CCCN4CCC5)nc4c(F)c(-c5cccc6cccc(Cl)c56)ncc34)CCC12. The van der Waals surface area contributed by atoms with Gasteiger partial charge in [-0.25, -0.2) is 4.39 Å². The monoisotopic (exact) mass is 573 g/mol. The summed E-state index contributed by atoms with van der Waals surface area (Å²) in [5.74, 6) is -0.223. The molecule has 0 amide bonds. The number of benzene rings is 2. The van der Waals surface area contributed by atoms with Gasteiger partial charge in [0.05, 0.1) is 23.4 Å². The van der Waals surface area contributed by atoms with Gasteiger partial charge in [-0.1, -0.05) is 41.9 Å². The number of carbonyl (C=O) groups excluding carboxylic acids is 1. The number of esters is 1. The maximum atomic E-state index is 16.6. The van der Waals surface area contributed by atoms with E-state index < -0.39 is 5.82 Å². The van der Waals surface area contributed by atoms with Crippen LogP contribution < -0.4 is 9.64 Å². The zero-order valence-corrected chi connectivity index (χ0v) is 23.2. The molecule has 0 aliphatic carbocycles. The molecule has 2 aromatic heterocycles. The molecule has 6 heterocycles. The minimum absolute atomic E-state index is 0.00138. The van der Waals surface area contributed by atoms with E-state index in [0.717, 1.165) is 49.5 Å². The van der Waals surface area contributed by atoms with E-state index in [2.05, 4.69) is 14.9 Å². The lowest BCUT2D eigenvalue weighted by Gasteiger charge is -2.43. The first kappa shape index (κ1) is 25.2. The average molecular weight is 574 g/mol. The van der Waals surface area contributed by atoms with Gasteiger partial charge in [0, 0.05) is 28.7 Å². The minimum Gasteiger partial charge on any atom is -0.461 e. The normalized spacial score (nSPS) is 23.4. The van der Waals surface area contributed by atoms with E-state index in [1.807, 2.05) is 35.2 Å². The van der Waals surface area contributed by atoms with E-state index in [4.69, 9.17) is 26.1 Å². The van der Waals surface area contributed by atoms with Crippen molar-refractivity contribution in [2.45, 2.75) is 43.7 Å². The van der Waals surface area contributed by atoms with E-state index in [0.29, 0.717) is 47.9 Å². The van der Waals surface area contributed by atoms with Crippen molar-refractivity contribution in [3.05, 3.63) is 53.4 Å². The fourth-order valence-electron chi connectivity index (χ4n) is 7.33. The fraction of sp³-hybridized carbons (Fsp3) is 0.419. The first-order chi connectivity index (χ1) is 20.0. The van der Waals surface area contributed by atoms with Crippen molar-refractivity contribution in [3.63, 3.8) is 0 Å². The molecule has 2 unspecified atom stereocenters. The van der Waals surface area contributed by atoms with E-state index in [1.165, 1.54) is 0 Å². The number of hydrogen-bond acceptors (Lipinski definition) is 8. The summed E-state index contributed by atoms with van der Waals surface area (Å²) in [6.07, 6.45) is 6.57. The smallest absolute Gasteiger partial charge is 0.319 e. The standard InChI is InChI=1S/C31H29ClFN5O3/c32-22-8-2-6-18-5-1-7-20(24(18)22)26-25(33)27-21(15-34-26)28(37-14-9-19-23(16-37)41-29(19)39)36-30(35-27)40-17-31-10-3-12-38(31)13-4-11-31/h1-2,5-8,15,19,23H,3-4,9-14,16-17H2. The molecule has 0 bridgehead atoms. The molecule has 8 nitrogen and oxygen atoms in total. The second kappa shape index (κ2) is 9.49. The molecule has 4 fully saturated rings. The Morgan fingerprint density at radius 2 is 1.90 bits per heavy atom. The molecule has 0 N–H and O–H groups in total. The van der Waals surface area contributed by atoms with Crippen LogP contribution in [0, 0.1) is 11.7 Å². The van der Waals surface area contributed by atoms with Gasteiger partial charge in [-0.3, -0.25) is 14.7 Å². The number of rotatable bonds is 5. The summed E-state index contributed by atoms with van der Waals surface area (Å²) in [5, 5.41) is 2.67. The highest BCUT2D eigenvalue weighted by molar-refractivity contribution is 6.36. The Balaban J connectivity index is 1.24. The molecule has 0 radical (unpaired) electrons. The number of carbonyl (C=O) groups is 1. The molecule has 10 heteroatoms. The predicted molar refractivity (Wildman–Crippen MR) is 154 cm³/mol. The number of fused-ring (bicyclic) bond motifs is 4. The Morgan fingerprint density at radius 1 is 1.10 bits per heavy atom. The lowest BCUT2D eigenvalue weighted by molar-refractivity contribution is -0.185. The molecule has 2 aromatic carbocycles. The third-order valence-corrected chi connectivity index (χ3v) is 9.78. The van der Waals surface area contributed by atoms with Crippen LogP contribution >= 0.6 is 11.6 Å². The second-order valence-electron chi connectivity index (χ2n) is 11.7. The molecule has 41 heavy (non-hydrogen) atoms. The van der Waals surface area contributed by atoms with E-state index in [1.54, 1.807) is 12.3 Å². The van der Waals surface area contributed by atoms with Gasteiger partial charge in [-0.2, -0.15) is 9.97 Å². The van der Waals surface area contributed by atoms with E-state index >= 15 is 4.39 Å². The lowest BCUT2D eigenvalue weighted by atomic mass is 9.89. The molecule has 4 aliphatic rings. The number of aromatic nitrogens is 3. The first-order valence-electron chi connectivity index (χ1n) is 14.4. The molecule has 2 atom stereocenters. The van der Waals surface area contributed by atoms with Gasteiger partial charge in [0.1, 0.15) is 29.7 Å². The van der Waals surface area contributed by atoms with Gasteiger partial charge in [-0.05, 0) is 56.6 Å². The molecule has 8 rings (SSSR count). The largest absolute Gasteiger partial charge is 0.461 e. The molecular formula is C31H29ClFN5O3. The van der Waals surface area contributed by atoms with Gasteiger partial charge in [0.2, 0.25) is 0 Å². The highest BCUT2D eigenvalue weighted by Gasteiger charge is 2.47. The van der Waals surface area contributed by atoms with Gasteiger partial charge in [0.25, 0.3) is 0 Å². The van der Waals surface area contributed by atoms with Crippen LogP contribution in [-0.4, -0.2) is 70.2 Å². The molecule has 4 aromatic rings. The third kappa shape index (κ3) is 3.96. The zero-order chi connectivity index (χ0) is 27.7. The second-order valence-corrected chi connectivity index (χ2v) is 12.1. The Kier molecular flexibility index (Phi) is 5.83. The maximum absolute atomic E-state index is 16.6. The minimum atomic E-state index is -0.546. The third-order valence-electron chi connectivity index (χ3n) is 9.46. The summed E-state index contributed by atoms with van der Waals surface area (Å²) in [4.78, 5) is 30.4. The summed E-state index contributed by atoms with van der Waals surface area (Å²) in [5.41, 5.74) is 0.927. The average Bonchev–Trinajstić information content (AvgIpc) is 3.56. The van der Waals surface area contributed by atoms with Crippen LogP contribution in [0.2, 0.25) is 5.02 Å². The number of halogens is 2. The van der Waals surface area contributed by atoms with Gasteiger partial charge in [0.15, 0.2) is 5.82 Å². The van der Waals surface area contributed by atoms with Crippen LogP contribution in [0.4, 0.5) is 10.2 Å². The van der Waals surface area contributed by atoms with Crippen LogP contribution in [0.15, 0.2) is 42.6 Å². The van der Waals surface area contributed by atoms with Crippen molar-refractivity contribution in [3.8, 4) is 17.3 Å². The topological polar surface area (TPSA) is 80.7 Å². The van der Waals surface area contributed by atoms with Gasteiger partial charge >= 0.3 is 12.0 Å². The first-order valence-corrected chi connectivity index (χ1v) is 14.8. The van der Waals surface area contributed by atoms with Crippen LogP contribution in [0.5, 0.6) is 6.01 Å². The summed E-state index contributed by atoms with van der Waals surface area (Å²) < 4.78 is 28.3. The summed E-state index contributed by atoms with van der Waals surface area (Å²) in [6, 6.07) is 11.4. The highest BCUT2D eigenvalue weighted by atomic mass is 35.5. The van der Waals surface area contributed by atoms with Crippen molar-refractivity contribution < 1.29 is 18.7 Å². The number of anilines is 1. The predicted octanol–water partition coefficient (Wildman–Crippen LogP) is 5.40. The highest BCUT2D eigenvalue weighted by Crippen LogP contribution is 2.41. The Labute approximate surface area is 241 Å². The van der Waals surface area contributed by atoms with Crippen molar-refractivity contribution in [1.82, 2.24) is 19.9 Å². The molecule has 0 spiro atoms. The Morgan fingerprint density at radius 3 is 2.68 bits per heavy atom.